The third-order valence-electron chi connectivity index (χ3n) is 6.35. The van der Waals surface area contributed by atoms with Gasteiger partial charge in [0.1, 0.15) is 30.1 Å². The van der Waals surface area contributed by atoms with Crippen molar-refractivity contribution >= 4 is 11.6 Å². The van der Waals surface area contributed by atoms with E-state index in [2.05, 4.69) is 10.6 Å². The number of amides is 1. The molecule has 3 rings (SSSR count). The molecule has 0 aromatic heterocycles. The normalized spacial score (nSPS) is 22.5. The van der Waals surface area contributed by atoms with Gasteiger partial charge in [-0.15, -0.1) is 0 Å². The maximum atomic E-state index is 12.3. The third-order valence-corrected chi connectivity index (χ3v) is 6.35. The Morgan fingerprint density at radius 1 is 0.902 bits per heavy atom. The quantitative estimate of drug-likeness (QED) is 0.0826. The number of aliphatic hydroxyl groups excluding tert-OH is 4. The summed E-state index contributed by atoms with van der Waals surface area (Å²) in [7, 11) is 0. The van der Waals surface area contributed by atoms with Crippen LogP contribution in [0.4, 0.5) is 5.69 Å². The molecule has 6 N–H and O–H groups in total. The first-order valence-electron chi connectivity index (χ1n) is 13.4. The smallest absolute Gasteiger partial charge is 0.272 e. The highest BCUT2D eigenvalue weighted by atomic mass is 16.7. The van der Waals surface area contributed by atoms with E-state index in [-0.39, 0.29) is 50.4 Å². The van der Waals surface area contributed by atoms with Gasteiger partial charge < -0.3 is 54.7 Å². The molecule has 0 saturated carbocycles. The maximum absolute atomic E-state index is 12.3. The zero-order chi connectivity index (χ0) is 29.8. The average Bonchev–Trinajstić information content (AvgIpc) is 2.99. The lowest BCUT2D eigenvalue weighted by atomic mass is 9.99. The van der Waals surface area contributed by atoms with Gasteiger partial charge >= 0.3 is 0 Å². The van der Waals surface area contributed by atoms with Crippen molar-refractivity contribution in [1.29, 1.82) is 0 Å². The van der Waals surface area contributed by atoms with Gasteiger partial charge in [0.05, 0.1) is 46.2 Å². The Morgan fingerprint density at radius 2 is 1.59 bits per heavy atom. The van der Waals surface area contributed by atoms with E-state index in [0.29, 0.717) is 31.7 Å². The average molecular weight is 583 g/mol. The number of hydrogen-bond acceptors (Lipinski definition) is 13. The van der Waals surface area contributed by atoms with Crippen molar-refractivity contribution in [2.45, 2.75) is 44.1 Å². The first-order chi connectivity index (χ1) is 19.8. The molecule has 1 fully saturated rings. The zero-order valence-electron chi connectivity index (χ0n) is 22.8. The van der Waals surface area contributed by atoms with E-state index in [1.807, 2.05) is 12.1 Å². The van der Waals surface area contributed by atoms with Crippen LogP contribution in [-0.4, -0.2) is 116 Å². The second-order valence-electron chi connectivity index (χ2n) is 9.22. The molecule has 228 valence electrons. The van der Waals surface area contributed by atoms with Gasteiger partial charge in [-0.1, -0.05) is 12.1 Å². The highest BCUT2D eigenvalue weighted by Crippen LogP contribution is 2.22. The molecule has 14 heteroatoms. The van der Waals surface area contributed by atoms with Crippen LogP contribution < -0.4 is 26.2 Å². The molecule has 1 unspecified atom stereocenters. The number of aliphatic hydroxyl groups is 4. The molecule has 2 aromatic rings. The summed E-state index contributed by atoms with van der Waals surface area (Å²) in [6.07, 6.45) is -6.05. The summed E-state index contributed by atoms with van der Waals surface area (Å²) in [5.74, 6) is -0.161. The van der Waals surface area contributed by atoms with E-state index < -0.39 is 48.2 Å². The number of anilines is 1. The summed E-state index contributed by atoms with van der Waals surface area (Å²) >= 11 is 0. The molecule has 2 aromatic carbocycles. The fourth-order valence-corrected chi connectivity index (χ4v) is 4.06. The van der Waals surface area contributed by atoms with Crippen molar-refractivity contribution in [3.05, 3.63) is 55.8 Å². The maximum Gasteiger partial charge on any atom is 0.272 e. The largest absolute Gasteiger partial charge is 0.488 e. The third kappa shape index (κ3) is 9.02. The minimum Gasteiger partial charge on any atom is -0.488 e. The summed E-state index contributed by atoms with van der Waals surface area (Å²) in [5.41, 5.74) is 0.471. The topological polar surface area (TPSA) is 202 Å². The molecule has 0 radical (unpaired) electrons. The van der Waals surface area contributed by atoms with Gasteiger partial charge in [0.2, 0.25) is 0 Å². The van der Waals surface area contributed by atoms with E-state index in [1.165, 1.54) is 0 Å². The summed E-state index contributed by atoms with van der Waals surface area (Å²) in [4.78, 5) is 35.5. The van der Waals surface area contributed by atoms with Crippen LogP contribution in [0, 0.1) is 0 Å². The molecule has 1 heterocycles. The van der Waals surface area contributed by atoms with Crippen LogP contribution >= 0.6 is 0 Å². The monoisotopic (exact) mass is 582 g/mol. The van der Waals surface area contributed by atoms with Gasteiger partial charge in [-0.3, -0.25) is 14.4 Å². The first kappa shape index (κ1) is 32.6. The van der Waals surface area contributed by atoms with Crippen LogP contribution in [0.3, 0.4) is 0 Å². The number of rotatable bonds is 18. The van der Waals surface area contributed by atoms with E-state index in [9.17, 15) is 34.8 Å². The Hall–Kier alpha value is -2.95. The first-order valence-corrected chi connectivity index (χ1v) is 13.4. The molecule has 0 aliphatic carbocycles. The number of ether oxygens (including phenoxy) is 5. The van der Waals surface area contributed by atoms with Crippen molar-refractivity contribution in [1.82, 2.24) is 5.32 Å². The predicted octanol–water partition coefficient (Wildman–Crippen LogP) is -2.08. The Kier molecular flexibility index (Phi) is 13.1. The highest BCUT2D eigenvalue weighted by Gasteiger charge is 2.43. The zero-order valence-corrected chi connectivity index (χ0v) is 22.8. The van der Waals surface area contributed by atoms with Gasteiger partial charge in [0.15, 0.2) is 12.0 Å². The van der Waals surface area contributed by atoms with E-state index in [1.54, 1.807) is 19.1 Å². The minimum absolute atomic E-state index is 0.0433. The standard InChI is InChI=1S/C27H38N2O12/c1-2-39-25-19(21(32)23(25)34)28-8-7-16-3-5-17(6-4-16)26(36)29-9-10-37-11-12-38-13-14-40-27-24(35)22(33)20(31)18(15-30)41-27/h3-6,18,20,22,24,27-28,30-31,33,35H,2,7-15H2,1H3,(H,29,36)/t18-,20-,22+,24+,27?/m1/s1. The molecule has 5 atom stereocenters. The van der Waals surface area contributed by atoms with Crippen LogP contribution in [0.25, 0.3) is 0 Å². The van der Waals surface area contributed by atoms with E-state index in [4.69, 9.17) is 23.7 Å². The predicted molar refractivity (Wildman–Crippen MR) is 145 cm³/mol. The van der Waals surface area contributed by atoms with Crippen LogP contribution in [0.5, 0.6) is 5.75 Å². The Bertz CT molecular complexity index is 1150. The van der Waals surface area contributed by atoms with Gasteiger partial charge in [-0.25, -0.2) is 0 Å². The Morgan fingerprint density at radius 3 is 2.27 bits per heavy atom. The minimum atomic E-state index is -1.50. The molecule has 1 amide bonds. The number of carbonyl (C=O) groups excluding carboxylic acids is 1. The second kappa shape index (κ2) is 16.5. The summed E-state index contributed by atoms with van der Waals surface area (Å²) in [5, 5.41) is 44.3. The molecule has 1 aliphatic heterocycles. The van der Waals surface area contributed by atoms with Gasteiger partial charge in [-0.05, 0) is 31.0 Å². The van der Waals surface area contributed by atoms with Crippen molar-refractivity contribution in [2.24, 2.45) is 0 Å². The van der Waals surface area contributed by atoms with Crippen LogP contribution in [-0.2, 0) is 25.4 Å². The van der Waals surface area contributed by atoms with Crippen LogP contribution in [0.1, 0.15) is 22.8 Å². The summed E-state index contributed by atoms with van der Waals surface area (Å²) in [6, 6.07) is 7.04. The lowest BCUT2D eigenvalue weighted by Crippen LogP contribution is -2.59. The van der Waals surface area contributed by atoms with Gasteiger partial charge in [-0.2, -0.15) is 0 Å². The number of nitrogens with one attached hydrogen (secondary N) is 2. The summed E-state index contributed by atoms with van der Waals surface area (Å²) in [6.45, 7) is 3.26. The second-order valence-corrected chi connectivity index (χ2v) is 9.22. The fraction of sp³-hybridized carbons (Fsp3) is 0.593. The Labute approximate surface area is 236 Å². The van der Waals surface area contributed by atoms with Gasteiger partial charge in [0.25, 0.3) is 16.8 Å². The summed E-state index contributed by atoms with van der Waals surface area (Å²) < 4.78 is 26.5. The number of hydrogen-bond donors (Lipinski definition) is 6. The SMILES string of the molecule is CCOc1c(NCCc2ccc(C(=O)NCCOCCOCCOC3O[C@H](CO)[C@@H](O)[C@H](O)[C@@H]3O)cc2)c(=O)c1=O. The van der Waals surface area contributed by atoms with E-state index >= 15 is 0 Å². The molecular formula is C27H38N2O12. The molecule has 0 spiro atoms. The van der Waals surface area contributed by atoms with Crippen molar-refractivity contribution in [3.63, 3.8) is 0 Å². The molecule has 1 aliphatic rings. The van der Waals surface area contributed by atoms with Crippen molar-refractivity contribution in [2.75, 3.05) is 64.7 Å². The van der Waals surface area contributed by atoms with Crippen LogP contribution in [0.15, 0.2) is 33.9 Å². The number of carbonyl (C=O) groups is 1. The Balaban J connectivity index is 1.21. The molecule has 1 saturated heterocycles. The van der Waals surface area contributed by atoms with Gasteiger partial charge in [0, 0.05) is 18.7 Å². The number of benzene rings is 1. The molecule has 41 heavy (non-hydrogen) atoms. The van der Waals surface area contributed by atoms with E-state index in [0.717, 1.165) is 5.56 Å². The lowest BCUT2D eigenvalue weighted by Gasteiger charge is -2.39. The lowest BCUT2D eigenvalue weighted by molar-refractivity contribution is -0.302. The molecular weight excluding hydrogens is 544 g/mol. The molecule has 14 nitrogen and oxygen atoms in total. The van der Waals surface area contributed by atoms with Crippen LogP contribution in [0.2, 0.25) is 0 Å². The molecule has 0 bridgehead atoms. The van der Waals surface area contributed by atoms with Crippen molar-refractivity contribution in [3.8, 4) is 5.75 Å². The highest BCUT2D eigenvalue weighted by molar-refractivity contribution is 5.94. The van der Waals surface area contributed by atoms with Crippen molar-refractivity contribution < 1.29 is 48.9 Å². The fourth-order valence-electron chi connectivity index (χ4n) is 4.06.